The maximum absolute atomic E-state index is 15.4. The van der Waals surface area contributed by atoms with Crippen molar-refractivity contribution in [2.45, 2.75) is 30.8 Å². The van der Waals surface area contributed by atoms with Crippen LogP contribution in [-0.4, -0.2) is 49.6 Å². The number of carbonyl (C=O) groups is 1. The SMILES string of the molecule is CO[C@@H]1CC[C@@]2(CNc3ncc(-c4ccc(N)c(C(=O)N(C)C)c4F)c(Cl)c32)C1. The van der Waals surface area contributed by atoms with E-state index in [1.54, 1.807) is 33.5 Å². The molecule has 3 N–H and O–H groups in total. The molecule has 2 aliphatic rings. The number of benzene rings is 1. The highest BCUT2D eigenvalue weighted by Gasteiger charge is 2.47. The molecule has 0 bridgehead atoms. The number of fused-ring (bicyclic) bond motifs is 2. The maximum Gasteiger partial charge on any atom is 0.258 e. The average molecular weight is 419 g/mol. The molecule has 1 aliphatic carbocycles. The molecule has 1 amide bonds. The first-order valence-corrected chi connectivity index (χ1v) is 9.92. The number of rotatable bonds is 3. The number of nitrogens with one attached hydrogen (secondary N) is 1. The molecule has 0 saturated heterocycles. The normalized spacial score (nSPS) is 22.6. The van der Waals surface area contributed by atoms with E-state index in [0.717, 1.165) is 37.2 Å². The highest BCUT2D eigenvalue weighted by Crippen LogP contribution is 2.52. The van der Waals surface area contributed by atoms with Gasteiger partial charge < -0.3 is 20.7 Å². The second kappa shape index (κ2) is 7.15. The zero-order valence-corrected chi connectivity index (χ0v) is 17.4. The molecule has 4 rings (SSSR count). The molecule has 2 aromatic rings. The van der Waals surface area contributed by atoms with Crippen molar-refractivity contribution in [3.05, 3.63) is 40.3 Å². The van der Waals surface area contributed by atoms with E-state index in [1.807, 2.05) is 0 Å². The summed E-state index contributed by atoms with van der Waals surface area (Å²) in [7, 11) is 4.83. The Labute approximate surface area is 174 Å². The van der Waals surface area contributed by atoms with E-state index in [0.29, 0.717) is 10.6 Å². The van der Waals surface area contributed by atoms with Crippen LogP contribution in [0.4, 0.5) is 15.9 Å². The summed E-state index contributed by atoms with van der Waals surface area (Å²) in [4.78, 5) is 18.3. The number of hydrogen-bond donors (Lipinski definition) is 2. The van der Waals surface area contributed by atoms with Gasteiger partial charge in [-0.15, -0.1) is 0 Å². The van der Waals surface area contributed by atoms with E-state index >= 15 is 4.39 Å². The fourth-order valence-corrected chi connectivity index (χ4v) is 4.98. The van der Waals surface area contributed by atoms with Crippen LogP contribution in [0.2, 0.25) is 5.02 Å². The summed E-state index contributed by atoms with van der Waals surface area (Å²) in [5.74, 6) is -0.451. The van der Waals surface area contributed by atoms with Crippen molar-refractivity contribution in [2.75, 3.05) is 38.8 Å². The van der Waals surface area contributed by atoms with E-state index in [1.165, 1.54) is 11.0 Å². The van der Waals surface area contributed by atoms with Gasteiger partial charge in [0.05, 0.1) is 16.7 Å². The van der Waals surface area contributed by atoms with Crippen molar-refractivity contribution in [1.82, 2.24) is 9.88 Å². The minimum absolute atomic E-state index is 0.0899. The van der Waals surface area contributed by atoms with Crippen LogP contribution in [0.5, 0.6) is 0 Å². The average Bonchev–Trinajstić information content (AvgIpc) is 3.27. The van der Waals surface area contributed by atoms with E-state index < -0.39 is 11.7 Å². The highest BCUT2D eigenvalue weighted by molar-refractivity contribution is 6.34. The van der Waals surface area contributed by atoms with Gasteiger partial charge in [0, 0.05) is 61.7 Å². The predicted molar refractivity (Wildman–Crippen MR) is 112 cm³/mol. The summed E-state index contributed by atoms with van der Waals surface area (Å²) in [5.41, 5.74) is 7.24. The van der Waals surface area contributed by atoms with Crippen molar-refractivity contribution < 1.29 is 13.9 Å². The third kappa shape index (κ3) is 3.04. The van der Waals surface area contributed by atoms with E-state index in [-0.39, 0.29) is 28.3 Å². The molecule has 2 heterocycles. The first kappa shape index (κ1) is 19.9. The first-order chi connectivity index (χ1) is 13.8. The zero-order valence-electron chi connectivity index (χ0n) is 16.7. The third-order valence-electron chi connectivity index (χ3n) is 6.12. The van der Waals surface area contributed by atoms with Crippen LogP contribution < -0.4 is 11.1 Å². The van der Waals surface area contributed by atoms with Crippen LogP contribution >= 0.6 is 11.6 Å². The summed E-state index contributed by atoms with van der Waals surface area (Å²) in [6.45, 7) is 0.729. The van der Waals surface area contributed by atoms with Crippen LogP contribution in [0.1, 0.15) is 35.2 Å². The Kier molecular flexibility index (Phi) is 4.91. The molecule has 1 aromatic heterocycles. The van der Waals surface area contributed by atoms with Gasteiger partial charge in [0.2, 0.25) is 0 Å². The number of hydrogen-bond acceptors (Lipinski definition) is 5. The Hall–Kier alpha value is -2.38. The third-order valence-corrected chi connectivity index (χ3v) is 6.51. The van der Waals surface area contributed by atoms with E-state index in [9.17, 15) is 4.79 Å². The van der Waals surface area contributed by atoms with Crippen LogP contribution in [0.3, 0.4) is 0 Å². The standard InChI is InChI=1S/C21H24ClFN4O2/c1-27(2)20(28)15-14(24)5-4-12(18(15)23)13-9-25-19-16(17(13)22)21(10-26-19)7-6-11(8-21)29-3/h4-5,9,11H,6-8,10,24H2,1-3H3,(H,25,26)/t11-,21+/m1/s1. The number of halogens is 2. The van der Waals surface area contributed by atoms with E-state index in [2.05, 4.69) is 10.3 Å². The van der Waals surface area contributed by atoms with Gasteiger partial charge in [-0.25, -0.2) is 9.37 Å². The lowest BCUT2D eigenvalue weighted by atomic mass is 9.80. The molecule has 29 heavy (non-hydrogen) atoms. The van der Waals surface area contributed by atoms with Gasteiger partial charge in [-0.2, -0.15) is 0 Å². The van der Waals surface area contributed by atoms with Gasteiger partial charge in [-0.05, 0) is 31.4 Å². The molecular weight excluding hydrogens is 395 g/mol. The molecule has 8 heteroatoms. The number of aromatic nitrogens is 1. The van der Waals surface area contributed by atoms with Gasteiger partial charge in [0.1, 0.15) is 11.6 Å². The number of nitrogens with zero attached hydrogens (tertiary/aromatic N) is 2. The monoisotopic (exact) mass is 418 g/mol. The minimum Gasteiger partial charge on any atom is -0.398 e. The van der Waals surface area contributed by atoms with Gasteiger partial charge in [-0.1, -0.05) is 11.6 Å². The Bertz CT molecular complexity index is 997. The molecule has 154 valence electrons. The Morgan fingerprint density at radius 1 is 1.41 bits per heavy atom. The van der Waals surface area contributed by atoms with Gasteiger partial charge in [0.15, 0.2) is 0 Å². The Morgan fingerprint density at radius 2 is 2.17 bits per heavy atom. The topological polar surface area (TPSA) is 80.5 Å². The molecule has 6 nitrogen and oxygen atoms in total. The molecule has 1 aromatic carbocycles. The van der Waals surface area contributed by atoms with Crippen molar-refractivity contribution in [3.8, 4) is 11.1 Å². The Balaban J connectivity index is 1.85. The highest BCUT2D eigenvalue weighted by atomic mass is 35.5. The number of anilines is 2. The van der Waals surface area contributed by atoms with Gasteiger partial charge >= 0.3 is 0 Å². The lowest BCUT2D eigenvalue weighted by molar-refractivity contribution is 0.0824. The number of ether oxygens (including phenoxy) is 1. The summed E-state index contributed by atoms with van der Waals surface area (Å²) in [6, 6.07) is 3.08. The molecule has 1 saturated carbocycles. The molecular formula is C21H24ClFN4O2. The second-order valence-electron chi connectivity index (χ2n) is 8.03. The summed E-state index contributed by atoms with van der Waals surface area (Å²) < 4.78 is 21.0. The van der Waals surface area contributed by atoms with E-state index in [4.69, 9.17) is 22.1 Å². The number of nitrogens with two attached hydrogens (primary N) is 1. The molecule has 0 radical (unpaired) electrons. The van der Waals surface area contributed by atoms with Crippen molar-refractivity contribution >= 4 is 29.0 Å². The Morgan fingerprint density at radius 3 is 2.83 bits per heavy atom. The van der Waals surface area contributed by atoms with Crippen LogP contribution in [0.25, 0.3) is 11.1 Å². The summed E-state index contributed by atoms with van der Waals surface area (Å²) in [6.07, 6.45) is 4.41. The maximum atomic E-state index is 15.4. The smallest absolute Gasteiger partial charge is 0.258 e. The van der Waals surface area contributed by atoms with Crippen LogP contribution in [0, 0.1) is 5.82 Å². The largest absolute Gasteiger partial charge is 0.398 e. The lowest BCUT2D eigenvalue weighted by Crippen LogP contribution is -2.26. The van der Waals surface area contributed by atoms with Crippen molar-refractivity contribution in [3.63, 3.8) is 0 Å². The van der Waals surface area contributed by atoms with Gasteiger partial charge in [0.25, 0.3) is 5.91 Å². The van der Waals surface area contributed by atoms with Gasteiger partial charge in [-0.3, -0.25) is 4.79 Å². The van der Waals surface area contributed by atoms with Crippen molar-refractivity contribution in [1.29, 1.82) is 0 Å². The number of pyridine rings is 1. The molecule has 1 spiro atoms. The van der Waals surface area contributed by atoms with Crippen LogP contribution in [-0.2, 0) is 10.2 Å². The quantitative estimate of drug-likeness (QED) is 0.743. The molecule has 1 aliphatic heterocycles. The zero-order chi connectivity index (χ0) is 20.9. The first-order valence-electron chi connectivity index (χ1n) is 9.54. The minimum atomic E-state index is -0.687. The number of carbonyl (C=O) groups excluding carboxylic acids is 1. The lowest BCUT2D eigenvalue weighted by Gasteiger charge is -2.25. The second-order valence-corrected chi connectivity index (χ2v) is 8.41. The number of nitrogen functional groups attached to an aromatic ring is 1. The molecule has 1 fully saturated rings. The van der Waals surface area contributed by atoms with Crippen LogP contribution in [0.15, 0.2) is 18.3 Å². The number of methoxy groups -OCH3 is 1. The summed E-state index contributed by atoms with van der Waals surface area (Å²) in [5, 5.41) is 3.80. The fourth-order valence-electron chi connectivity index (χ4n) is 4.54. The predicted octanol–water partition coefficient (Wildman–Crippen LogP) is 3.69. The summed E-state index contributed by atoms with van der Waals surface area (Å²) >= 11 is 6.84. The molecule has 0 unspecified atom stereocenters. The number of amides is 1. The fraction of sp³-hybridized carbons (Fsp3) is 0.429. The molecule has 2 atom stereocenters. The van der Waals surface area contributed by atoms with Crippen molar-refractivity contribution in [2.24, 2.45) is 0 Å².